The number of ether oxygens (including phenoxy) is 2. The molecule has 0 bridgehead atoms. The van der Waals surface area contributed by atoms with Gasteiger partial charge in [-0.1, -0.05) is 49.8 Å². The van der Waals surface area contributed by atoms with Crippen molar-refractivity contribution in [1.29, 1.82) is 0 Å². The van der Waals surface area contributed by atoms with Crippen molar-refractivity contribution >= 4 is 5.78 Å². The Kier molecular flexibility index (Phi) is 5.77. The molecular formula is C21H25F3O3. The largest absolute Gasteiger partial charge is 0.454 e. The lowest BCUT2D eigenvalue weighted by atomic mass is 9.92. The lowest BCUT2D eigenvalue weighted by Gasteiger charge is -2.31. The molecule has 0 radical (unpaired) electrons. The van der Waals surface area contributed by atoms with E-state index < -0.39 is 17.7 Å². The average Bonchev–Trinajstić information content (AvgIpc) is 3.03. The summed E-state index contributed by atoms with van der Waals surface area (Å²) in [6, 6.07) is 5.67. The Morgan fingerprint density at radius 2 is 2.00 bits per heavy atom. The number of ketones is 1. The quantitative estimate of drug-likeness (QED) is 0.494. The molecule has 1 aliphatic carbocycles. The Bertz CT molecular complexity index is 708. The molecule has 1 aromatic carbocycles. The van der Waals surface area contributed by atoms with E-state index in [1.165, 1.54) is 17.7 Å². The van der Waals surface area contributed by atoms with Crippen LogP contribution in [-0.2, 0) is 9.47 Å². The third-order valence-electron chi connectivity index (χ3n) is 5.51. The fraction of sp³-hybridized carbons (Fsp3) is 0.571. The predicted molar refractivity (Wildman–Crippen MR) is 95.6 cm³/mol. The van der Waals surface area contributed by atoms with Gasteiger partial charge >= 0.3 is 6.18 Å². The monoisotopic (exact) mass is 382 g/mol. The van der Waals surface area contributed by atoms with Crippen molar-refractivity contribution in [1.82, 2.24) is 0 Å². The minimum atomic E-state index is -4.84. The molecule has 0 aromatic heterocycles. The van der Waals surface area contributed by atoms with Crippen molar-refractivity contribution < 1.29 is 27.4 Å². The zero-order valence-corrected chi connectivity index (χ0v) is 15.6. The van der Waals surface area contributed by atoms with Crippen LogP contribution in [0.4, 0.5) is 13.2 Å². The van der Waals surface area contributed by atoms with Gasteiger partial charge in [0.25, 0.3) is 5.78 Å². The number of alkyl halides is 3. The Morgan fingerprint density at radius 3 is 2.56 bits per heavy atom. The topological polar surface area (TPSA) is 35.5 Å². The number of hydrogen-bond donors (Lipinski definition) is 0. The SMILES string of the molecule is CCC1=CCC2(CC1)OCC(CC(C)c1ccc(C(=O)C(F)(F)F)cc1)O2. The first-order valence-electron chi connectivity index (χ1n) is 9.43. The summed E-state index contributed by atoms with van der Waals surface area (Å²) in [5.74, 6) is -2.23. The lowest BCUT2D eigenvalue weighted by molar-refractivity contribution is -0.173. The summed E-state index contributed by atoms with van der Waals surface area (Å²) >= 11 is 0. The first kappa shape index (κ1) is 20.1. The molecule has 3 rings (SSSR count). The fourth-order valence-electron chi connectivity index (χ4n) is 3.80. The maximum Gasteiger partial charge on any atom is 0.454 e. The van der Waals surface area contributed by atoms with Crippen molar-refractivity contribution in [3.63, 3.8) is 0 Å². The molecule has 1 spiro atoms. The second-order valence-corrected chi connectivity index (χ2v) is 7.47. The molecule has 0 amide bonds. The molecule has 3 atom stereocenters. The van der Waals surface area contributed by atoms with E-state index in [2.05, 4.69) is 13.0 Å². The van der Waals surface area contributed by atoms with Crippen LogP contribution in [-0.4, -0.2) is 30.5 Å². The molecule has 148 valence electrons. The second kappa shape index (κ2) is 7.76. The summed E-state index contributed by atoms with van der Waals surface area (Å²) in [6.45, 7) is 4.69. The fourth-order valence-corrected chi connectivity index (χ4v) is 3.80. The molecule has 3 unspecified atom stereocenters. The molecule has 6 heteroatoms. The highest BCUT2D eigenvalue weighted by Crippen LogP contribution is 2.40. The van der Waals surface area contributed by atoms with Crippen LogP contribution in [0, 0.1) is 0 Å². The van der Waals surface area contributed by atoms with Crippen molar-refractivity contribution in [2.24, 2.45) is 0 Å². The van der Waals surface area contributed by atoms with Crippen LogP contribution in [0.3, 0.4) is 0 Å². The van der Waals surface area contributed by atoms with Crippen LogP contribution < -0.4 is 0 Å². The first-order chi connectivity index (χ1) is 12.7. The number of rotatable bonds is 5. The van der Waals surface area contributed by atoms with Crippen molar-refractivity contribution in [2.75, 3.05) is 6.61 Å². The standard InChI is InChI=1S/C21H25F3O3/c1-3-15-8-10-20(11-9-15)26-13-18(27-20)12-14(2)16-4-6-17(7-5-16)19(25)21(22,23)24/h4-8,14,18H,3,9-13H2,1-2H3. The van der Waals surface area contributed by atoms with Gasteiger partial charge in [0.05, 0.1) is 12.7 Å². The van der Waals surface area contributed by atoms with E-state index in [9.17, 15) is 18.0 Å². The molecule has 0 saturated carbocycles. The third kappa shape index (κ3) is 4.61. The van der Waals surface area contributed by atoms with Crippen LogP contribution in [0.1, 0.15) is 67.8 Å². The molecule has 1 aromatic rings. The number of halogens is 3. The third-order valence-corrected chi connectivity index (χ3v) is 5.51. The summed E-state index contributed by atoms with van der Waals surface area (Å²) in [4.78, 5) is 11.3. The van der Waals surface area contributed by atoms with Crippen LogP contribution in [0.15, 0.2) is 35.9 Å². The van der Waals surface area contributed by atoms with Gasteiger partial charge in [-0.25, -0.2) is 0 Å². The minimum absolute atomic E-state index is 0.0342. The van der Waals surface area contributed by atoms with Crippen LogP contribution in [0.25, 0.3) is 0 Å². The molecule has 27 heavy (non-hydrogen) atoms. The number of hydrogen-bond acceptors (Lipinski definition) is 3. The summed E-state index contributed by atoms with van der Waals surface area (Å²) in [6.07, 6.45) is 1.75. The van der Waals surface area contributed by atoms with Gasteiger partial charge in [-0.3, -0.25) is 4.79 Å². The van der Waals surface area contributed by atoms with E-state index >= 15 is 0 Å². The highest BCUT2D eigenvalue weighted by atomic mass is 19.4. The molecule has 1 heterocycles. The predicted octanol–water partition coefficient (Wildman–Crippen LogP) is 5.56. The van der Waals surface area contributed by atoms with Gasteiger partial charge in [-0.2, -0.15) is 13.2 Å². The van der Waals surface area contributed by atoms with E-state index in [0.717, 1.165) is 37.7 Å². The van der Waals surface area contributed by atoms with Crippen LogP contribution in [0.2, 0.25) is 0 Å². The maximum absolute atomic E-state index is 12.5. The smallest absolute Gasteiger partial charge is 0.347 e. The molecule has 2 aliphatic rings. The first-order valence-corrected chi connectivity index (χ1v) is 9.43. The van der Waals surface area contributed by atoms with Gasteiger partial charge in [0.1, 0.15) is 0 Å². The van der Waals surface area contributed by atoms with Crippen molar-refractivity contribution in [3.8, 4) is 0 Å². The van der Waals surface area contributed by atoms with Crippen LogP contribution in [0.5, 0.6) is 0 Å². The zero-order chi connectivity index (χ0) is 19.7. The van der Waals surface area contributed by atoms with E-state index in [1.807, 2.05) is 6.92 Å². The summed E-state index contributed by atoms with van der Waals surface area (Å²) in [5.41, 5.74) is 1.99. The Balaban J connectivity index is 1.58. The molecular weight excluding hydrogens is 357 g/mol. The van der Waals surface area contributed by atoms with Crippen molar-refractivity contribution in [2.45, 2.75) is 69.9 Å². The Morgan fingerprint density at radius 1 is 1.30 bits per heavy atom. The Hall–Kier alpha value is -1.66. The summed E-state index contributed by atoms with van der Waals surface area (Å²) in [5, 5.41) is 0. The Labute approximate surface area is 157 Å². The number of carbonyl (C=O) groups is 1. The highest BCUT2D eigenvalue weighted by molar-refractivity contribution is 6.00. The second-order valence-electron chi connectivity index (χ2n) is 7.47. The molecule has 0 N–H and O–H groups in total. The van der Waals surface area contributed by atoms with Gasteiger partial charge in [0, 0.05) is 18.4 Å². The number of carbonyl (C=O) groups excluding carboxylic acids is 1. The minimum Gasteiger partial charge on any atom is -0.347 e. The number of allylic oxidation sites excluding steroid dienone is 1. The van der Waals surface area contributed by atoms with Crippen LogP contribution >= 0.6 is 0 Å². The highest BCUT2D eigenvalue weighted by Gasteiger charge is 2.42. The molecule has 3 nitrogen and oxygen atoms in total. The van der Waals surface area contributed by atoms with Crippen molar-refractivity contribution in [3.05, 3.63) is 47.0 Å². The lowest BCUT2D eigenvalue weighted by Crippen LogP contribution is -2.32. The van der Waals surface area contributed by atoms with E-state index in [1.54, 1.807) is 12.1 Å². The molecule has 1 aliphatic heterocycles. The van der Waals surface area contributed by atoms with E-state index in [-0.39, 0.29) is 17.6 Å². The van der Waals surface area contributed by atoms with Gasteiger partial charge in [0.15, 0.2) is 5.79 Å². The van der Waals surface area contributed by atoms with Gasteiger partial charge in [-0.05, 0) is 30.7 Å². The maximum atomic E-state index is 12.5. The van der Waals surface area contributed by atoms with Gasteiger partial charge < -0.3 is 9.47 Å². The van der Waals surface area contributed by atoms with Gasteiger partial charge in [-0.15, -0.1) is 0 Å². The summed E-state index contributed by atoms with van der Waals surface area (Å²) in [7, 11) is 0. The van der Waals surface area contributed by atoms with Gasteiger partial charge in [0.2, 0.25) is 0 Å². The van der Waals surface area contributed by atoms with E-state index in [4.69, 9.17) is 9.47 Å². The average molecular weight is 382 g/mol. The number of benzene rings is 1. The normalized spacial score (nSPS) is 26.9. The summed E-state index contributed by atoms with van der Waals surface area (Å²) < 4.78 is 49.7. The number of Topliss-reactive ketones (excluding diaryl/α,β-unsaturated/α-hetero) is 1. The zero-order valence-electron chi connectivity index (χ0n) is 15.6. The molecule has 1 fully saturated rings. The molecule has 1 saturated heterocycles. The van der Waals surface area contributed by atoms with E-state index in [0.29, 0.717) is 6.61 Å².